The van der Waals surface area contributed by atoms with E-state index in [9.17, 15) is 14.7 Å². The number of aliphatic hydroxyl groups excluding tert-OH is 1. The van der Waals surface area contributed by atoms with E-state index in [0.717, 1.165) is 4.90 Å². The molecule has 1 saturated heterocycles. The van der Waals surface area contributed by atoms with E-state index in [-0.39, 0.29) is 13.0 Å². The van der Waals surface area contributed by atoms with Crippen molar-refractivity contribution in [2.45, 2.75) is 18.6 Å². The Balaban J connectivity index is 2.27. The van der Waals surface area contributed by atoms with Crippen molar-refractivity contribution in [1.29, 1.82) is 0 Å². The molecule has 0 aliphatic carbocycles. The van der Waals surface area contributed by atoms with Crippen LogP contribution in [0.25, 0.3) is 0 Å². The van der Waals surface area contributed by atoms with Crippen molar-refractivity contribution in [2.24, 2.45) is 0 Å². The molecule has 0 aromatic heterocycles. The van der Waals surface area contributed by atoms with Crippen LogP contribution < -0.4 is 0 Å². The third kappa shape index (κ3) is 2.91. The molecule has 2 rings (SSSR count). The van der Waals surface area contributed by atoms with Gasteiger partial charge in [0.2, 0.25) is 0 Å². The lowest BCUT2D eigenvalue weighted by Gasteiger charge is -2.21. The first-order chi connectivity index (χ1) is 8.90. The smallest absolute Gasteiger partial charge is 0.326 e. The molecule has 5 nitrogen and oxygen atoms in total. The van der Waals surface area contributed by atoms with Gasteiger partial charge in [0.1, 0.15) is 6.04 Å². The van der Waals surface area contributed by atoms with Gasteiger partial charge in [0, 0.05) is 23.0 Å². The summed E-state index contributed by atoms with van der Waals surface area (Å²) in [6.07, 6.45) is -0.762. The van der Waals surface area contributed by atoms with Crippen molar-refractivity contribution in [1.82, 2.24) is 4.90 Å². The summed E-state index contributed by atoms with van der Waals surface area (Å²) in [6.45, 7) is 0.0173. The number of aliphatic carboxylic acids is 1. The van der Waals surface area contributed by atoms with Gasteiger partial charge in [-0.05, 0) is 34.1 Å². The molecule has 0 bridgehead atoms. The van der Waals surface area contributed by atoms with E-state index in [1.54, 1.807) is 12.1 Å². The van der Waals surface area contributed by atoms with Crippen LogP contribution in [0.1, 0.15) is 16.8 Å². The number of carboxylic acid groups (broad SMARTS) is 1. The molecular weight excluding hydrogens is 337 g/mol. The molecule has 0 spiro atoms. The van der Waals surface area contributed by atoms with E-state index >= 15 is 0 Å². The standard InChI is InChI=1S/C12H11BrClNO4/c13-8-2-1-6(3-9(8)14)11(17)15-5-7(16)4-10(15)12(18)19/h1-3,7,10,16H,4-5H2,(H,18,19). The molecule has 1 aromatic rings. The Morgan fingerprint density at radius 2 is 2.11 bits per heavy atom. The monoisotopic (exact) mass is 347 g/mol. The minimum Gasteiger partial charge on any atom is -0.480 e. The predicted molar refractivity (Wildman–Crippen MR) is 72.2 cm³/mol. The highest BCUT2D eigenvalue weighted by Crippen LogP contribution is 2.26. The zero-order valence-electron chi connectivity index (χ0n) is 9.72. The van der Waals surface area contributed by atoms with Crippen LogP contribution in [0.4, 0.5) is 0 Å². The number of amides is 1. The number of benzene rings is 1. The third-order valence-corrected chi connectivity index (χ3v) is 4.22. The van der Waals surface area contributed by atoms with Gasteiger partial charge in [0.25, 0.3) is 5.91 Å². The van der Waals surface area contributed by atoms with Gasteiger partial charge in [0.05, 0.1) is 11.1 Å². The molecule has 7 heteroatoms. The van der Waals surface area contributed by atoms with Crippen molar-refractivity contribution in [2.75, 3.05) is 6.54 Å². The number of hydrogen-bond acceptors (Lipinski definition) is 3. The quantitative estimate of drug-likeness (QED) is 0.854. The van der Waals surface area contributed by atoms with Gasteiger partial charge >= 0.3 is 5.97 Å². The van der Waals surface area contributed by atoms with Crippen molar-refractivity contribution < 1.29 is 19.8 Å². The zero-order chi connectivity index (χ0) is 14.2. The Kier molecular flexibility index (Phi) is 4.13. The normalized spacial score (nSPS) is 22.6. The SMILES string of the molecule is O=C(O)C1CC(O)CN1C(=O)c1ccc(Br)c(Cl)c1. The Morgan fingerprint density at radius 3 is 2.68 bits per heavy atom. The number of halogens is 2. The summed E-state index contributed by atoms with van der Waals surface area (Å²) in [4.78, 5) is 24.5. The molecule has 1 aliphatic rings. The van der Waals surface area contributed by atoms with E-state index in [1.807, 2.05) is 0 Å². The van der Waals surface area contributed by atoms with E-state index in [2.05, 4.69) is 15.9 Å². The molecule has 2 unspecified atom stereocenters. The largest absolute Gasteiger partial charge is 0.480 e. The lowest BCUT2D eigenvalue weighted by atomic mass is 10.1. The van der Waals surface area contributed by atoms with Gasteiger partial charge in [-0.3, -0.25) is 4.79 Å². The molecule has 1 aromatic carbocycles. The molecule has 2 N–H and O–H groups in total. The summed E-state index contributed by atoms with van der Waals surface area (Å²) in [5, 5.41) is 19.0. The lowest BCUT2D eigenvalue weighted by Crippen LogP contribution is -2.40. The second kappa shape index (κ2) is 5.48. The summed E-state index contributed by atoms with van der Waals surface area (Å²) < 4.78 is 0.655. The summed E-state index contributed by atoms with van der Waals surface area (Å²) >= 11 is 9.12. The molecule has 2 atom stereocenters. The van der Waals surface area contributed by atoms with E-state index in [1.165, 1.54) is 6.07 Å². The fourth-order valence-corrected chi connectivity index (χ4v) is 2.49. The van der Waals surface area contributed by atoms with Crippen LogP contribution >= 0.6 is 27.5 Å². The molecule has 0 radical (unpaired) electrons. The van der Waals surface area contributed by atoms with Crippen LogP contribution in [0.5, 0.6) is 0 Å². The van der Waals surface area contributed by atoms with Crippen molar-refractivity contribution in [3.05, 3.63) is 33.3 Å². The number of nitrogens with zero attached hydrogens (tertiary/aromatic N) is 1. The number of carboxylic acids is 1. The Labute approximate surface area is 122 Å². The summed E-state index contributed by atoms with van der Waals surface area (Å²) in [5.74, 6) is -1.56. The Morgan fingerprint density at radius 1 is 1.42 bits per heavy atom. The van der Waals surface area contributed by atoms with Crippen LogP contribution in [-0.2, 0) is 4.79 Å². The zero-order valence-corrected chi connectivity index (χ0v) is 12.1. The molecular formula is C12H11BrClNO4. The first kappa shape index (κ1) is 14.3. The number of carbonyl (C=O) groups excluding carboxylic acids is 1. The highest BCUT2D eigenvalue weighted by Gasteiger charge is 2.39. The molecule has 1 aliphatic heterocycles. The first-order valence-corrected chi connectivity index (χ1v) is 6.74. The number of aliphatic hydroxyl groups is 1. The van der Waals surface area contributed by atoms with Crippen LogP contribution in [0.3, 0.4) is 0 Å². The lowest BCUT2D eigenvalue weighted by molar-refractivity contribution is -0.141. The van der Waals surface area contributed by atoms with Crippen molar-refractivity contribution in [3.63, 3.8) is 0 Å². The minimum absolute atomic E-state index is 0.0173. The topological polar surface area (TPSA) is 77.8 Å². The maximum absolute atomic E-state index is 12.2. The van der Waals surface area contributed by atoms with E-state index in [4.69, 9.17) is 16.7 Å². The Bertz CT molecular complexity index is 536. The van der Waals surface area contributed by atoms with Gasteiger partial charge in [-0.25, -0.2) is 4.79 Å². The third-order valence-electron chi connectivity index (χ3n) is 2.99. The minimum atomic E-state index is -1.12. The van der Waals surface area contributed by atoms with Gasteiger partial charge in [-0.1, -0.05) is 11.6 Å². The van der Waals surface area contributed by atoms with E-state index in [0.29, 0.717) is 15.1 Å². The fraction of sp³-hybridized carbons (Fsp3) is 0.333. The first-order valence-electron chi connectivity index (χ1n) is 5.57. The summed E-state index contributed by atoms with van der Waals surface area (Å²) in [5.41, 5.74) is 0.300. The molecule has 102 valence electrons. The number of rotatable bonds is 2. The van der Waals surface area contributed by atoms with Crippen molar-refractivity contribution in [3.8, 4) is 0 Å². The second-order valence-electron chi connectivity index (χ2n) is 4.33. The fourth-order valence-electron chi connectivity index (χ4n) is 2.07. The van der Waals surface area contributed by atoms with Crippen LogP contribution in [-0.4, -0.2) is 45.7 Å². The van der Waals surface area contributed by atoms with Crippen molar-refractivity contribution >= 4 is 39.4 Å². The predicted octanol–water partition coefficient (Wildman–Crippen LogP) is 1.76. The maximum atomic E-state index is 12.2. The number of β-amino-alcohol motifs (C(OH)–C–C–N with tert-alkyl or cyclic N) is 1. The molecule has 1 amide bonds. The summed E-state index contributed by atoms with van der Waals surface area (Å²) in [7, 11) is 0. The van der Waals surface area contributed by atoms with Gasteiger partial charge in [0.15, 0.2) is 0 Å². The average Bonchev–Trinajstić information content (AvgIpc) is 2.74. The second-order valence-corrected chi connectivity index (χ2v) is 5.59. The molecule has 19 heavy (non-hydrogen) atoms. The summed E-state index contributed by atoms with van der Waals surface area (Å²) in [6, 6.07) is 3.65. The number of hydrogen-bond donors (Lipinski definition) is 2. The molecule has 1 heterocycles. The van der Waals surface area contributed by atoms with Gasteiger partial charge in [-0.2, -0.15) is 0 Å². The Hall–Kier alpha value is -1.11. The van der Waals surface area contributed by atoms with Crippen LogP contribution in [0.2, 0.25) is 5.02 Å². The maximum Gasteiger partial charge on any atom is 0.326 e. The average molecular weight is 349 g/mol. The molecule has 0 saturated carbocycles. The van der Waals surface area contributed by atoms with Gasteiger partial charge in [-0.15, -0.1) is 0 Å². The van der Waals surface area contributed by atoms with Crippen LogP contribution in [0.15, 0.2) is 22.7 Å². The highest BCUT2D eigenvalue weighted by atomic mass is 79.9. The van der Waals surface area contributed by atoms with Gasteiger partial charge < -0.3 is 15.1 Å². The number of carbonyl (C=O) groups is 2. The highest BCUT2D eigenvalue weighted by molar-refractivity contribution is 9.10. The number of likely N-dealkylation sites (tertiary alicyclic amines) is 1. The van der Waals surface area contributed by atoms with Crippen LogP contribution in [0, 0.1) is 0 Å². The molecule has 1 fully saturated rings. The van der Waals surface area contributed by atoms with E-state index < -0.39 is 24.0 Å².